The van der Waals surface area contributed by atoms with Gasteiger partial charge in [0, 0.05) is 18.7 Å². The summed E-state index contributed by atoms with van der Waals surface area (Å²) < 4.78 is 6.26. The topological polar surface area (TPSA) is 55.6 Å². The molecule has 2 N–H and O–H groups in total. The van der Waals surface area contributed by atoms with Crippen molar-refractivity contribution in [2.24, 2.45) is 5.73 Å². The number of likely N-dealkylation sites (tertiary alicyclic amines) is 1. The van der Waals surface area contributed by atoms with Crippen molar-refractivity contribution in [3.05, 3.63) is 41.0 Å². The van der Waals surface area contributed by atoms with Gasteiger partial charge in [-0.15, -0.1) is 0 Å². The van der Waals surface area contributed by atoms with Crippen LogP contribution in [0.25, 0.3) is 5.57 Å². The predicted octanol–water partition coefficient (Wildman–Crippen LogP) is 4.48. The third-order valence-corrected chi connectivity index (χ3v) is 5.90. The van der Waals surface area contributed by atoms with Gasteiger partial charge in [-0.1, -0.05) is 12.1 Å². The molecule has 0 unspecified atom stereocenters. The van der Waals surface area contributed by atoms with E-state index in [0.29, 0.717) is 5.56 Å². The lowest BCUT2D eigenvalue weighted by atomic mass is 9.86. The van der Waals surface area contributed by atoms with Crippen LogP contribution in [0.15, 0.2) is 24.3 Å². The lowest BCUT2D eigenvalue weighted by Gasteiger charge is -2.28. The first kappa shape index (κ1) is 20.1. The summed E-state index contributed by atoms with van der Waals surface area (Å²) in [7, 11) is 0. The minimum absolute atomic E-state index is 0.354. The van der Waals surface area contributed by atoms with Gasteiger partial charge in [-0.2, -0.15) is 0 Å². The molecule has 2 aliphatic rings. The van der Waals surface area contributed by atoms with E-state index in [0.717, 1.165) is 43.5 Å². The number of ether oxygens (including phenoxy) is 1. The molecule has 0 radical (unpaired) electrons. The van der Waals surface area contributed by atoms with Gasteiger partial charge in [-0.3, -0.25) is 4.79 Å². The van der Waals surface area contributed by atoms with Crippen molar-refractivity contribution < 1.29 is 9.53 Å². The van der Waals surface area contributed by atoms with Crippen molar-refractivity contribution in [3.63, 3.8) is 0 Å². The SMILES string of the molecule is CC(C)(OCCCN1CCCC1)c1ccc(C(N)=O)c(C2=CCCCC2)c1. The number of nitrogens with zero attached hydrogens (tertiary/aromatic N) is 1. The molecule has 1 heterocycles. The molecule has 0 bridgehead atoms. The highest BCUT2D eigenvalue weighted by atomic mass is 16.5. The maximum atomic E-state index is 11.9. The fraction of sp³-hybridized carbons (Fsp3) is 0.609. The highest BCUT2D eigenvalue weighted by Gasteiger charge is 2.24. The lowest BCUT2D eigenvalue weighted by molar-refractivity contribution is -0.0248. The van der Waals surface area contributed by atoms with Gasteiger partial charge in [0.1, 0.15) is 0 Å². The number of carbonyl (C=O) groups excluding carboxylic acids is 1. The van der Waals surface area contributed by atoms with Crippen LogP contribution in [0.4, 0.5) is 0 Å². The number of amides is 1. The van der Waals surface area contributed by atoms with E-state index in [1.807, 2.05) is 12.1 Å². The van der Waals surface area contributed by atoms with E-state index < -0.39 is 0 Å². The first-order valence-electron chi connectivity index (χ1n) is 10.5. The molecule has 4 heteroatoms. The molecule has 1 aromatic rings. The van der Waals surface area contributed by atoms with Crippen molar-refractivity contribution in [2.75, 3.05) is 26.2 Å². The third-order valence-electron chi connectivity index (χ3n) is 5.90. The van der Waals surface area contributed by atoms with Crippen molar-refractivity contribution in [3.8, 4) is 0 Å². The van der Waals surface area contributed by atoms with E-state index in [4.69, 9.17) is 10.5 Å². The van der Waals surface area contributed by atoms with E-state index in [1.54, 1.807) is 0 Å². The van der Waals surface area contributed by atoms with E-state index in [-0.39, 0.29) is 11.5 Å². The number of carbonyl (C=O) groups is 1. The first-order valence-corrected chi connectivity index (χ1v) is 10.5. The van der Waals surface area contributed by atoms with Crippen LogP contribution in [0.1, 0.15) is 80.3 Å². The average molecular weight is 371 g/mol. The largest absolute Gasteiger partial charge is 0.371 e. The average Bonchev–Trinajstić information content (AvgIpc) is 3.19. The van der Waals surface area contributed by atoms with Crippen LogP contribution in [0, 0.1) is 0 Å². The molecule has 0 saturated carbocycles. The Balaban J connectivity index is 1.70. The summed E-state index contributed by atoms with van der Waals surface area (Å²) in [5.74, 6) is -0.354. The Labute approximate surface area is 163 Å². The summed E-state index contributed by atoms with van der Waals surface area (Å²) in [6.45, 7) is 8.56. The van der Waals surface area contributed by atoms with Crippen LogP contribution in [0.5, 0.6) is 0 Å². The van der Waals surface area contributed by atoms with E-state index >= 15 is 0 Å². The molecule has 1 aliphatic heterocycles. The Morgan fingerprint density at radius 2 is 1.96 bits per heavy atom. The highest BCUT2D eigenvalue weighted by molar-refractivity contribution is 5.98. The molecule has 1 amide bonds. The van der Waals surface area contributed by atoms with Gasteiger partial charge in [0.25, 0.3) is 0 Å². The molecular weight excluding hydrogens is 336 g/mol. The van der Waals surface area contributed by atoms with Crippen LogP contribution in [0.3, 0.4) is 0 Å². The maximum Gasteiger partial charge on any atom is 0.249 e. The number of rotatable bonds is 8. The summed E-state index contributed by atoms with van der Waals surface area (Å²) in [5, 5.41) is 0. The number of allylic oxidation sites excluding steroid dienone is 2. The van der Waals surface area contributed by atoms with E-state index in [2.05, 4.69) is 30.9 Å². The van der Waals surface area contributed by atoms with E-state index in [9.17, 15) is 4.79 Å². The maximum absolute atomic E-state index is 11.9. The Bertz CT molecular complexity index is 688. The van der Waals surface area contributed by atoms with Gasteiger partial charge >= 0.3 is 0 Å². The van der Waals surface area contributed by atoms with Crippen LogP contribution in [-0.4, -0.2) is 37.0 Å². The molecule has 1 fully saturated rings. The van der Waals surface area contributed by atoms with Crippen LogP contribution >= 0.6 is 0 Å². The zero-order valence-electron chi connectivity index (χ0n) is 16.9. The molecule has 0 aromatic heterocycles. The number of benzene rings is 1. The van der Waals surface area contributed by atoms with Gasteiger partial charge in [0.05, 0.1) is 5.60 Å². The summed E-state index contributed by atoms with van der Waals surface area (Å²) in [6, 6.07) is 5.99. The number of hydrogen-bond acceptors (Lipinski definition) is 3. The smallest absolute Gasteiger partial charge is 0.249 e. The molecule has 4 nitrogen and oxygen atoms in total. The van der Waals surface area contributed by atoms with Gasteiger partial charge in [-0.05, 0) is 101 Å². The van der Waals surface area contributed by atoms with Crippen molar-refractivity contribution >= 4 is 11.5 Å². The van der Waals surface area contributed by atoms with Crippen LogP contribution in [0.2, 0.25) is 0 Å². The number of nitrogens with two attached hydrogens (primary N) is 1. The Morgan fingerprint density at radius 1 is 1.19 bits per heavy atom. The monoisotopic (exact) mass is 370 g/mol. The minimum Gasteiger partial charge on any atom is -0.371 e. The fourth-order valence-electron chi connectivity index (χ4n) is 4.19. The second-order valence-electron chi connectivity index (χ2n) is 8.36. The lowest BCUT2D eigenvalue weighted by Crippen LogP contribution is -2.26. The summed E-state index contributed by atoms with van der Waals surface area (Å²) in [4.78, 5) is 14.4. The number of hydrogen-bond donors (Lipinski definition) is 1. The van der Waals surface area contributed by atoms with Gasteiger partial charge in [0.15, 0.2) is 0 Å². The highest BCUT2D eigenvalue weighted by Crippen LogP contribution is 2.33. The zero-order chi connectivity index (χ0) is 19.3. The molecule has 1 aromatic carbocycles. The Hall–Kier alpha value is -1.65. The molecule has 1 saturated heterocycles. The Morgan fingerprint density at radius 3 is 2.63 bits per heavy atom. The second-order valence-corrected chi connectivity index (χ2v) is 8.36. The normalized spacial score (nSPS) is 18.5. The molecule has 148 valence electrons. The number of primary amides is 1. The fourth-order valence-corrected chi connectivity index (χ4v) is 4.19. The first-order chi connectivity index (χ1) is 13.0. The van der Waals surface area contributed by atoms with Gasteiger partial charge in [-0.25, -0.2) is 0 Å². The zero-order valence-corrected chi connectivity index (χ0v) is 16.9. The van der Waals surface area contributed by atoms with E-state index in [1.165, 1.54) is 44.3 Å². The molecule has 0 atom stereocenters. The summed E-state index contributed by atoms with van der Waals surface area (Å²) in [6.07, 6.45) is 10.5. The van der Waals surface area contributed by atoms with Crippen LogP contribution < -0.4 is 5.73 Å². The van der Waals surface area contributed by atoms with Crippen molar-refractivity contribution in [1.82, 2.24) is 4.90 Å². The van der Waals surface area contributed by atoms with Gasteiger partial charge < -0.3 is 15.4 Å². The summed E-state index contributed by atoms with van der Waals surface area (Å²) in [5.41, 5.74) is 9.23. The third kappa shape index (κ3) is 5.20. The predicted molar refractivity (Wildman–Crippen MR) is 111 cm³/mol. The standard InChI is InChI=1S/C23H34N2O2/c1-23(2,27-16-8-15-25-13-6-7-14-25)19-11-12-20(22(24)26)21(17-19)18-9-4-3-5-10-18/h9,11-12,17H,3-8,10,13-16H2,1-2H3,(H2,24,26). The molecule has 0 spiro atoms. The molecule has 1 aliphatic carbocycles. The molecule has 27 heavy (non-hydrogen) atoms. The second kappa shape index (κ2) is 9.03. The van der Waals surface area contributed by atoms with Crippen molar-refractivity contribution in [1.29, 1.82) is 0 Å². The molecular formula is C23H34N2O2. The molecule has 3 rings (SSSR count). The quantitative estimate of drug-likeness (QED) is 0.686. The minimum atomic E-state index is -0.384. The van der Waals surface area contributed by atoms with Gasteiger partial charge in [0.2, 0.25) is 5.91 Å². The Kier molecular flexibility index (Phi) is 6.72. The van der Waals surface area contributed by atoms with Crippen molar-refractivity contribution in [2.45, 2.75) is 64.4 Å². The van der Waals surface area contributed by atoms with Crippen LogP contribution in [-0.2, 0) is 10.3 Å². The summed E-state index contributed by atoms with van der Waals surface area (Å²) >= 11 is 0.